The van der Waals surface area contributed by atoms with E-state index in [-0.39, 0.29) is 29.8 Å². The van der Waals surface area contributed by atoms with Crippen LogP contribution in [0.25, 0.3) is 0 Å². The summed E-state index contributed by atoms with van der Waals surface area (Å²) in [4.78, 5) is 52.5. The molecule has 1 aromatic rings. The summed E-state index contributed by atoms with van der Waals surface area (Å²) in [6.07, 6.45) is 2.11. The van der Waals surface area contributed by atoms with E-state index < -0.39 is 17.0 Å². The number of anilines is 1. The number of H-pyrrole nitrogens is 1. The smallest absolute Gasteiger partial charge is 0.329 e. The van der Waals surface area contributed by atoms with Gasteiger partial charge in [-0.25, -0.2) is 4.79 Å². The first-order chi connectivity index (χ1) is 12.4. The fourth-order valence-corrected chi connectivity index (χ4v) is 3.24. The fourth-order valence-electron chi connectivity index (χ4n) is 3.24. The van der Waals surface area contributed by atoms with Crippen molar-refractivity contribution in [3.05, 3.63) is 26.4 Å². The van der Waals surface area contributed by atoms with Crippen LogP contribution >= 0.6 is 0 Å². The first-order valence-electron chi connectivity index (χ1n) is 8.93. The Bertz CT molecular complexity index is 782. The van der Waals surface area contributed by atoms with E-state index in [9.17, 15) is 19.2 Å². The number of hydrogen-bond acceptors (Lipinski definition) is 7. The molecular formula is C17H26N4O5. The predicted octanol–water partition coefficient (Wildman–Crippen LogP) is -0.0134. The summed E-state index contributed by atoms with van der Waals surface area (Å²) in [5.41, 5.74) is 4.33. The summed E-state index contributed by atoms with van der Waals surface area (Å²) >= 11 is 0. The van der Waals surface area contributed by atoms with Gasteiger partial charge in [-0.2, -0.15) is 0 Å². The highest BCUT2D eigenvalue weighted by Crippen LogP contribution is 2.18. The molecule has 0 radical (unpaired) electrons. The van der Waals surface area contributed by atoms with Gasteiger partial charge in [-0.15, -0.1) is 0 Å². The Kier molecular flexibility index (Phi) is 6.73. The van der Waals surface area contributed by atoms with E-state index in [1.165, 1.54) is 4.57 Å². The Morgan fingerprint density at radius 3 is 2.69 bits per heavy atom. The summed E-state index contributed by atoms with van der Waals surface area (Å²) in [7, 11) is 0. The standard InChI is InChI=1S/C17H26N4O5/c1-3-7-21-14(18)13(15(23)19-17(21)25)12(22)10-20-8-5-6-11(9-20)16(24)26-4-2/h11H,3-10,18H2,1-2H3,(H,19,23,25). The van der Waals surface area contributed by atoms with Crippen LogP contribution in [0.4, 0.5) is 5.82 Å². The first-order valence-corrected chi connectivity index (χ1v) is 8.93. The lowest BCUT2D eigenvalue weighted by Gasteiger charge is -2.30. The van der Waals surface area contributed by atoms with Crippen molar-refractivity contribution in [3.8, 4) is 0 Å². The Labute approximate surface area is 151 Å². The van der Waals surface area contributed by atoms with Crippen molar-refractivity contribution in [2.75, 3.05) is 32.0 Å². The minimum Gasteiger partial charge on any atom is -0.466 e. The molecule has 0 bridgehead atoms. The molecule has 2 rings (SSSR count). The van der Waals surface area contributed by atoms with Gasteiger partial charge in [0.05, 0.1) is 19.1 Å². The maximum atomic E-state index is 12.7. The molecule has 0 amide bonds. The summed E-state index contributed by atoms with van der Waals surface area (Å²) in [6, 6.07) is 0. The van der Waals surface area contributed by atoms with E-state index in [1.54, 1.807) is 6.92 Å². The van der Waals surface area contributed by atoms with Crippen LogP contribution in [-0.2, 0) is 16.1 Å². The molecule has 0 saturated carbocycles. The average Bonchev–Trinajstić information content (AvgIpc) is 2.59. The van der Waals surface area contributed by atoms with Crippen molar-refractivity contribution in [2.24, 2.45) is 5.92 Å². The van der Waals surface area contributed by atoms with Crippen LogP contribution < -0.4 is 17.0 Å². The number of nitrogen functional groups attached to an aromatic ring is 1. The summed E-state index contributed by atoms with van der Waals surface area (Å²) in [6.45, 7) is 5.26. The third kappa shape index (κ3) is 4.40. The van der Waals surface area contributed by atoms with Crippen LogP contribution in [-0.4, -0.2) is 52.4 Å². The summed E-state index contributed by atoms with van der Waals surface area (Å²) < 4.78 is 6.25. The number of carbonyl (C=O) groups is 2. The Balaban J connectivity index is 2.17. The van der Waals surface area contributed by atoms with Gasteiger partial charge in [-0.05, 0) is 32.7 Å². The maximum absolute atomic E-state index is 12.7. The molecule has 1 aliphatic rings. The zero-order valence-electron chi connectivity index (χ0n) is 15.2. The molecule has 1 fully saturated rings. The molecule has 26 heavy (non-hydrogen) atoms. The molecule has 0 aliphatic carbocycles. The van der Waals surface area contributed by atoms with Gasteiger partial charge in [0, 0.05) is 13.1 Å². The Hall–Kier alpha value is -2.42. The molecule has 2 heterocycles. The second-order valence-electron chi connectivity index (χ2n) is 6.42. The zero-order valence-corrected chi connectivity index (χ0v) is 15.2. The van der Waals surface area contributed by atoms with Gasteiger partial charge in [0.1, 0.15) is 11.4 Å². The number of ketones is 1. The molecule has 0 aromatic carbocycles. The summed E-state index contributed by atoms with van der Waals surface area (Å²) in [5.74, 6) is -1.11. The third-order valence-electron chi connectivity index (χ3n) is 4.46. The number of aromatic amines is 1. The molecule has 1 unspecified atom stereocenters. The minimum atomic E-state index is -0.774. The number of carbonyl (C=O) groups excluding carboxylic acids is 2. The van der Waals surface area contributed by atoms with E-state index in [4.69, 9.17) is 10.5 Å². The number of hydrogen-bond donors (Lipinski definition) is 2. The molecular weight excluding hydrogens is 340 g/mol. The lowest BCUT2D eigenvalue weighted by molar-refractivity contribution is -0.149. The van der Waals surface area contributed by atoms with Gasteiger partial charge in [0.15, 0.2) is 5.78 Å². The first kappa shape index (κ1) is 19.9. The maximum Gasteiger partial charge on any atom is 0.329 e. The third-order valence-corrected chi connectivity index (χ3v) is 4.46. The molecule has 9 nitrogen and oxygen atoms in total. The van der Waals surface area contributed by atoms with Gasteiger partial charge in [0.25, 0.3) is 5.56 Å². The van der Waals surface area contributed by atoms with Crippen molar-refractivity contribution < 1.29 is 14.3 Å². The van der Waals surface area contributed by atoms with Crippen LogP contribution in [0.1, 0.15) is 43.5 Å². The van der Waals surface area contributed by atoms with E-state index in [1.807, 2.05) is 11.8 Å². The van der Waals surface area contributed by atoms with E-state index in [0.717, 1.165) is 6.42 Å². The highest BCUT2D eigenvalue weighted by Gasteiger charge is 2.29. The van der Waals surface area contributed by atoms with Gasteiger partial charge in [0.2, 0.25) is 0 Å². The SMILES string of the molecule is CCCn1c(N)c(C(=O)CN2CCCC(C(=O)OCC)C2)c(=O)[nH]c1=O. The van der Waals surface area contributed by atoms with Crippen molar-refractivity contribution >= 4 is 17.6 Å². The second kappa shape index (κ2) is 8.79. The number of rotatable bonds is 7. The van der Waals surface area contributed by atoms with Gasteiger partial charge in [-0.1, -0.05) is 6.92 Å². The van der Waals surface area contributed by atoms with Gasteiger partial charge >= 0.3 is 11.7 Å². The minimum absolute atomic E-state index is 0.0342. The predicted molar refractivity (Wildman–Crippen MR) is 96.2 cm³/mol. The van der Waals surface area contributed by atoms with E-state index in [0.29, 0.717) is 39.1 Å². The number of nitrogens with zero attached hydrogens (tertiary/aromatic N) is 2. The van der Waals surface area contributed by atoms with Crippen LogP contribution in [0.2, 0.25) is 0 Å². The number of likely N-dealkylation sites (tertiary alicyclic amines) is 1. The second-order valence-corrected chi connectivity index (χ2v) is 6.42. The topological polar surface area (TPSA) is 127 Å². The number of esters is 1. The van der Waals surface area contributed by atoms with Crippen LogP contribution in [0.3, 0.4) is 0 Å². The number of aromatic nitrogens is 2. The van der Waals surface area contributed by atoms with Gasteiger partial charge < -0.3 is 10.5 Å². The van der Waals surface area contributed by atoms with Crippen LogP contribution in [0.15, 0.2) is 9.59 Å². The largest absolute Gasteiger partial charge is 0.466 e. The monoisotopic (exact) mass is 366 g/mol. The zero-order chi connectivity index (χ0) is 19.3. The van der Waals surface area contributed by atoms with Crippen molar-refractivity contribution in [1.82, 2.24) is 14.5 Å². The van der Waals surface area contributed by atoms with Crippen molar-refractivity contribution in [3.63, 3.8) is 0 Å². The molecule has 144 valence electrons. The molecule has 1 atom stereocenters. The molecule has 3 N–H and O–H groups in total. The highest BCUT2D eigenvalue weighted by molar-refractivity contribution is 6.01. The Morgan fingerprint density at radius 1 is 1.31 bits per heavy atom. The highest BCUT2D eigenvalue weighted by atomic mass is 16.5. The van der Waals surface area contributed by atoms with Gasteiger partial charge in [-0.3, -0.25) is 28.8 Å². The Morgan fingerprint density at radius 2 is 2.04 bits per heavy atom. The number of nitrogens with one attached hydrogen (secondary N) is 1. The lowest BCUT2D eigenvalue weighted by Crippen LogP contribution is -2.44. The molecule has 0 spiro atoms. The number of piperidine rings is 1. The van der Waals surface area contributed by atoms with Crippen LogP contribution in [0.5, 0.6) is 0 Å². The normalized spacial score (nSPS) is 17.8. The van der Waals surface area contributed by atoms with E-state index in [2.05, 4.69) is 4.98 Å². The number of Topliss-reactive ketones (excluding diaryl/α,β-unsaturated/α-hetero) is 1. The van der Waals surface area contributed by atoms with Crippen molar-refractivity contribution in [1.29, 1.82) is 0 Å². The molecule has 1 saturated heterocycles. The lowest BCUT2D eigenvalue weighted by atomic mass is 9.97. The van der Waals surface area contributed by atoms with E-state index >= 15 is 0 Å². The average molecular weight is 366 g/mol. The number of nitrogens with two attached hydrogens (primary N) is 1. The molecule has 1 aromatic heterocycles. The fraction of sp³-hybridized carbons (Fsp3) is 0.647. The quantitative estimate of drug-likeness (QED) is 0.513. The summed E-state index contributed by atoms with van der Waals surface area (Å²) in [5, 5.41) is 0. The molecule has 1 aliphatic heterocycles. The van der Waals surface area contributed by atoms with Crippen molar-refractivity contribution in [2.45, 2.75) is 39.7 Å². The number of ether oxygens (including phenoxy) is 1. The molecule has 9 heteroatoms. The van der Waals surface area contributed by atoms with Crippen LogP contribution in [0, 0.1) is 5.92 Å².